The molecule has 0 unspecified atom stereocenters. The molecule has 0 saturated heterocycles. The van der Waals surface area contributed by atoms with Crippen molar-refractivity contribution in [3.05, 3.63) is 76.2 Å². The van der Waals surface area contributed by atoms with E-state index in [9.17, 15) is 9.59 Å². The Morgan fingerprint density at radius 2 is 1.90 bits per heavy atom. The van der Waals surface area contributed by atoms with Crippen molar-refractivity contribution in [2.75, 3.05) is 11.1 Å². The van der Waals surface area contributed by atoms with Crippen LogP contribution in [0.4, 0.5) is 5.69 Å². The lowest BCUT2D eigenvalue weighted by Gasteiger charge is -2.15. The third-order valence-electron chi connectivity index (χ3n) is 4.90. The number of amides is 1. The van der Waals surface area contributed by atoms with Crippen LogP contribution in [0.25, 0.3) is 0 Å². The number of aromatic nitrogens is 3. The van der Waals surface area contributed by atoms with E-state index < -0.39 is 0 Å². The second kappa shape index (κ2) is 10.1. The molecule has 0 aliphatic carbocycles. The number of nitrogens with one attached hydrogen (secondary N) is 2. The molecule has 7 heteroatoms. The van der Waals surface area contributed by atoms with Crippen LogP contribution in [0.3, 0.4) is 0 Å². The molecule has 2 N–H and O–H groups in total. The third-order valence-corrected chi connectivity index (χ3v) is 5.88. The molecule has 0 radical (unpaired) electrons. The highest BCUT2D eigenvalue weighted by Crippen LogP contribution is 2.26. The monoisotopic (exact) mass is 410 g/mol. The molecule has 0 spiro atoms. The van der Waals surface area contributed by atoms with E-state index in [1.54, 1.807) is 4.57 Å². The van der Waals surface area contributed by atoms with Gasteiger partial charge in [-0.25, -0.2) is 9.89 Å². The van der Waals surface area contributed by atoms with E-state index in [0.29, 0.717) is 17.6 Å². The fraction of sp³-hybridized carbons (Fsp3) is 0.318. The minimum atomic E-state index is -0.258. The maximum atomic E-state index is 12.5. The Morgan fingerprint density at radius 3 is 2.66 bits per heavy atom. The fourth-order valence-electron chi connectivity index (χ4n) is 3.07. The van der Waals surface area contributed by atoms with Gasteiger partial charge in [0, 0.05) is 12.2 Å². The predicted molar refractivity (Wildman–Crippen MR) is 117 cm³/mol. The Balaban J connectivity index is 1.61. The van der Waals surface area contributed by atoms with E-state index in [1.807, 2.05) is 54.6 Å². The maximum Gasteiger partial charge on any atom is 0.343 e. The maximum absolute atomic E-state index is 12.5. The van der Waals surface area contributed by atoms with Crippen LogP contribution < -0.4 is 11.0 Å². The van der Waals surface area contributed by atoms with Gasteiger partial charge in [-0.05, 0) is 36.0 Å². The van der Waals surface area contributed by atoms with Crippen LogP contribution in [0.1, 0.15) is 37.3 Å². The number of thioether (sulfide) groups is 1. The van der Waals surface area contributed by atoms with Gasteiger partial charge in [0.25, 0.3) is 0 Å². The van der Waals surface area contributed by atoms with Gasteiger partial charge in [0.05, 0.1) is 5.75 Å². The van der Waals surface area contributed by atoms with Crippen molar-refractivity contribution in [1.29, 1.82) is 0 Å². The molecule has 29 heavy (non-hydrogen) atoms. The number of benzene rings is 2. The first-order valence-corrected chi connectivity index (χ1v) is 10.8. The standard InChI is InChI=1S/C22H26N4O2S/c1-3-16(2)18-11-7-8-12-19(18)23-20(27)15-29-22-25-24-21(28)26(22)14-13-17-9-5-4-6-10-17/h4-12,16H,3,13-15H2,1-2H3,(H,23,27)(H,24,28)/t16-/m0/s1. The molecule has 1 amide bonds. The zero-order valence-corrected chi connectivity index (χ0v) is 17.5. The molecule has 1 aromatic heterocycles. The summed E-state index contributed by atoms with van der Waals surface area (Å²) in [5.41, 5.74) is 2.87. The van der Waals surface area contributed by atoms with E-state index in [1.165, 1.54) is 11.8 Å². The molecule has 0 fully saturated rings. The van der Waals surface area contributed by atoms with Crippen molar-refractivity contribution in [2.24, 2.45) is 0 Å². The molecule has 2 aromatic carbocycles. The van der Waals surface area contributed by atoms with Gasteiger partial charge in [-0.3, -0.25) is 9.36 Å². The van der Waals surface area contributed by atoms with Gasteiger partial charge in [0.2, 0.25) is 5.91 Å². The summed E-state index contributed by atoms with van der Waals surface area (Å²) >= 11 is 1.26. The summed E-state index contributed by atoms with van der Waals surface area (Å²) < 4.78 is 1.58. The largest absolute Gasteiger partial charge is 0.343 e. The van der Waals surface area contributed by atoms with Gasteiger partial charge in [0.1, 0.15) is 0 Å². The number of H-pyrrole nitrogens is 1. The van der Waals surface area contributed by atoms with Gasteiger partial charge < -0.3 is 5.32 Å². The molecular weight excluding hydrogens is 384 g/mol. The van der Waals surface area contributed by atoms with Crippen molar-refractivity contribution in [3.63, 3.8) is 0 Å². The summed E-state index contributed by atoms with van der Waals surface area (Å²) in [5, 5.41) is 10.1. The lowest BCUT2D eigenvalue weighted by molar-refractivity contribution is -0.113. The van der Waals surface area contributed by atoms with Crippen LogP contribution in [-0.2, 0) is 17.8 Å². The Bertz CT molecular complexity index is 997. The highest BCUT2D eigenvalue weighted by atomic mass is 32.2. The van der Waals surface area contributed by atoms with E-state index in [0.717, 1.165) is 29.7 Å². The van der Waals surface area contributed by atoms with E-state index in [4.69, 9.17) is 0 Å². The van der Waals surface area contributed by atoms with Crippen LogP contribution in [0.15, 0.2) is 64.5 Å². The lowest BCUT2D eigenvalue weighted by Crippen LogP contribution is -2.20. The van der Waals surface area contributed by atoms with Crippen LogP contribution in [0.2, 0.25) is 0 Å². The smallest absolute Gasteiger partial charge is 0.325 e. The van der Waals surface area contributed by atoms with Crippen LogP contribution in [-0.4, -0.2) is 26.4 Å². The Labute approximate surface area is 174 Å². The number of carbonyl (C=O) groups is 1. The van der Waals surface area contributed by atoms with Gasteiger partial charge in [0.15, 0.2) is 5.16 Å². The van der Waals surface area contributed by atoms with Crippen LogP contribution >= 0.6 is 11.8 Å². The van der Waals surface area contributed by atoms with Crippen LogP contribution in [0, 0.1) is 0 Å². The molecule has 3 aromatic rings. The molecular formula is C22H26N4O2S. The normalized spacial score (nSPS) is 11.9. The zero-order chi connectivity index (χ0) is 20.6. The van der Waals surface area contributed by atoms with Crippen LogP contribution in [0.5, 0.6) is 0 Å². The van der Waals surface area contributed by atoms with Crippen molar-refractivity contribution >= 4 is 23.4 Å². The zero-order valence-electron chi connectivity index (χ0n) is 16.7. The average molecular weight is 411 g/mol. The van der Waals surface area contributed by atoms with Crippen molar-refractivity contribution in [2.45, 2.75) is 44.3 Å². The summed E-state index contributed by atoms with van der Waals surface area (Å²) in [7, 11) is 0. The Kier molecular flexibility index (Phi) is 7.30. The molecule has 0 saturated carbocycles. The molecule has 0 bridgehead atoms. The first-order chi connectivity index (χ1) is 14.1. The Hall–Kier alpha value is -2.80. The topological polar surface area (TPSA) is 79.8 Å². The lowest BCUT2D eigenvalue weighted by atomic mass is 9.97. The minimum absolute atomic E-state index is 0.115. The average Bonchev–Trinajstić information content (AvgIpc) is 3.10. The quantitative estimate of drug-likeness (QED) is 0.522. The number of aromatic amines is 1. The molecule has 0 aliphatic heterocycles. The summed E-state index contributed by atoms with van der Waals surface area (Å²) in [4.78, 5) is 24.6. The second-order valence-electron chi connectivity index (χ2n) is 6.93. The molecule has 1 atom stereocenters. The minimum Gasteiger partial charge on any atom is -0.325 e. The summed E-state index contributed by atoms with van der Waals surface area (Å²) in [5.74, 6) is 0.439. The summed E-state index contributed by atoms with van der Waals surface area (Å²) in [6.07, 6.45) is 1.73. The number of aryl methyl sites for hydroxylation is 1. The number of carbonyl (C=O) groups excluding carboxylic acids is 1. The van der Waals surface area contributed by atoms with Crippen molar-refractivity contribution in [1.82, 2.24) is 14.8 Å². The molecule has 1 heterocycles. The van der Waals surface area contributed by atoms with Gasteiger partial charge in [-0.2, -0.15) is 0 Å². The SMILES string of the molecule is CC[C@H](C)c1ccccc1NC(=O)CSc1n[nH]c(=O)n1CCc1ccccc1. The Morgan fingerprint density at radius 1 is 1.17 bits per heavy atom. The molecule has 6 nitrogen and oxygen atoms in total. The highest BCUT2D eigenvalue weighted by Gasteiger charge is 2.14. The van der Waals surface area contributed by atoms with E-state index in [2.05, 4.69) is 29.4 Å². The molecule has 0 aliphatic rings. The first kappa shape index (κ1) is 20.9. The van der Waals surface area contributed by atoms with E-state index in [-0.39, 0.29) is 17.3 Å². The number of hydrogen-bond acceptors (Lipinski definition) is 4. The second-order valence-corrected chi connectivity index (χ2v) is 7.87. The van der Waals surface area contributed by atoms with Gasteiger partial charge >= 0.3 is 5.69 Å². The third kappa shape index (κ3) is 5.60. The number of nitrogens with zero attached hydrogens (tertiary/aromatic N) is 2. The van der Waals surface area contributed by atoms with Gasteiger partial charge in [-0.1, -0.05) is 74.1 Å². The van der Waals surface area contributed by atoms with Crippen molar-refractivity contribution in [3.8, 4) is 0 Å². The fourth-order valence-corrected chi connectivity index (χ4v) is 3.85. The van der Waals surface area contributed by atoms with E-state index >= 15 is 0 Å². The number of anilines is 1. The predicted octanol–water partition coefficient (Wildman–Crippen LogP) is 4.06. The number of hydrogen-bond donors (Lipinski definition) is 2. The summed E-state index contributed by atoms with van der Waals surface area (Å²) in [6.45, 7) is 4.79. The first-order valence-electron chi connectivity index (χ1n) is 9.79. The highest BCUT2D eigenvalue weighted by molar-refractivity contribution is 7.99. The van der Waals surface area contributed by atoms with Gasteiger partial charge in [-0.15, -0.1) is 5.10 Å². The molecule has 3 rings (SSSR count). The summed E-state index contributed by atoms with van der Waals surface area (Å²) in [6, 6.07) is 17.9. The van der Waals surface area contributed by atoms with Crippen molar-refractivity contribution < 1.29 is 4.79 Å². The number of para-hydroxylation sites is 1. The number of rotatable bonds is 9. The molecule has 152 valence electrons.